The molecule has 0 saturated heterocycles. The Balaban J connectivity index is 2.00. The van der Waals surface area contributed by atoms with Gasteiger partial charge in [0, 0.05) is 11.5 Å². The van der Waals surface area contributed by atoms with Crippen molar-refractivity contribution < 1.29 is 18.7 Å². The lowest BCUT2D eigenvalue weighted by Gasteiger charge is -2.19. The smallest absolute Gasteiger partial charge is 0.435 e. The second-order valence-electron chi connectivity index (χ2n) is 6.39. The normalized spacial score (nSPS) is 11.6. The summed E-state index contributed by atoms with van der Waals surface area (Å²) in [7, 11) is 0. The molecule has 0 atom stereocenters. The Hall–Kier alpha value is -2.16. The van der Waals surface area contributed by atoms with Crippen LogP contribution in [0.15, 0.2) is 42.5 Å². The van der Waals surface area contributed by atoms with Gasteiger partial charge in [-0.05, 0) is 67.6 Å². The fraction of sp³-hybridized carbons (Fsp3) is 0.222. The maximum atomic E-state index is 13.8. The molecule has 0 spiro atoms. The number of benzene rings is 2. The van der Waals surface area contributed by atoms with Crippen molar-refractivity contribution in [2.24, 2.45) is 0 Å². The highest BCUT2D eigenvalue weighted by molar-refractivity contribution is 14.1. The summed E-state index contributed by atoms with van der Waals surface area (Å²) in [6.45, 7) is 5.36. The van der Waals surface area contributed by atoms with Gasteiger partial charge in [-0.3, -0.25) is 0 Å². The first-order valence-corrected chi connectivity index (χ1v) is 8.66. The van der Waals surface area contributed by atoms with Crippen LogP contribution < -0.4 is 4.74 Å². The van der Waals surface area contributed by atoms with E-state index in [9.17, 15) is 9.18 Å². The van der Waals surface area contributed by atoms with Crippen molar-refractivity contribution in [3.8, 4) is 11.5 Å². The van der Waals surface area contributed by atoms with E-state index in [1.165, 1.54) is 16.8 Å². The van der Waals surface area contributed by atoms with Gasteiger partial charge in [-0.15, -0.1) is 0 Å². The fourth-order valence-electron chi connectivity index (χ4n) is 2.22. The first-order valence-electron chi connectivity index (χ1n) is 7.58. The molecule has 1 heterocycles. The number of fused-ring (bicyclic) bond motifs is 1. The standard InChI is InChI=1S/C18H16FIN2O3/c1-18(2,3)25-17(23)22-14-10-11(8-9-12(14)16(20)21-22)24-15-7-5-4-6-13(15)19/h4-10H,1-3H3. The SMILES string of the molecule is CC(C)(C)OC(=O)n1nc(I)c2ccc(Oc3ccccc3F)cc21. The van der Waals surface area contributed by atoms with Gasteiger partial charge in [-0.25, -0.2) is 9.18 Å². The summed E-state index contributed by atoms with van der Waals surface area (Å²) in [4.78, 5) is 12.4. The predicted octanol–water partition coefficient (Wildman–Crippen LogP) is 5.36. The number of carbonyl (C=O) groups excluding carboxylic acids is 1. The second kappa shape index (κ2) is 6.62. The summed E-state index contributed by atoms with van der Waals surface area (Å²) >= 11 is 2.05. The Morgan fingerprint density at radius 1 is 1.20 bits per heavy atom. The summed E-state index contributed by atoms with van der Waals surface area (Å²) in [5, 5.41) is 5.02. The van der Waals surface area contributed by atoms with E-state index in [2.05, 4.69) is 5.10 Å². The quantitative estimate of drug-likeness (QED) is 0.490. The molecule has 0 amide bonds. The molecule has 3 rings (SSSR count). The number of nitrogens with zero attached hydrogens (tertiary/aromatic N) is 2. The van der Waals surface area contributed by atoms with Crippen LogP contribution in [0.4, 0.5) is 9.18 Å². The number of hydrogen-bond acceptors (Lipinski definition) is 4. The van der Waals surface area contributed by atoms with E-state index in [0.29, 0.717) is 15.0 Å². The van der Waals surface area contributed by atoms with Crippen LogP contribution >= 0.6 is 22.6 Å². The maximum Gasteiger partial charge on any atom is 0.435 e. The molecule has 0 bridgehead atoms. The van der Waals surface area contributed by atoms with Gasteiger partial charge < -0.3 is 9.47 Å². The maximum absolute atomic E-state index is 13.8. The van der Waals surface area contributed by atoms with Gasteiger partial charge in [0.15, 0.2) is 11.6 Å². The van der Waals surface area contributed by atoms with E-state index in [1.807, 2.05) is 22.6 Å². The molecular weight excluding hydrogens is 438 g/mol. The molecule has 1 aromatic heterocycles. The number of rotatable bonds is 2. The molecule has 0 aliphatic heterocycles. The number of halogens is 2. The third kappa shape index (κ3) is 3.92. The molecule has 0 N–H and O–H groups in total. The van der Waals surface area contributed by atoms with Gasteiger partial charge in [-0.1, -0.05) is 12.1 Å². The summed E-state index contributed by atoms with van der Waals surface area (Å²) in [6, 6.07) is 11.3. The van der Waals surface area contributed by atoms with Crippen molar-refractivity contribution >= 4 is 39.6 Å². The zero-order chi connectivity index (χ0) is 18.2. The molecule has 130 valence electrons. The lowest BCUT2D eigenvalue weighted by molar-refractivity contribution is 0.0522. The lowest BCUT2D eigenvalue weighted by atomic mass is 10.2. The Morgan fingerprint density at radius 3 is 2.60 bits per heavy atom. The number of hydrogen-bond donors (Lipinski definition) is 0. The zero-order valence-corrected chi connectivity index (χ0v) is 16.1. The molecule has 0 fully saturated rings. The van der Waals surface area contributed by atoms with Crippen LogP contribution in [-0.2, 0) is 4.74 Å². The van der Waals surface area contributed by atoms with E-state index >= 15 is 0 Å². The van der Waals surface area contributed by atoms with Crippen LogP contribution in [0.25, 0.3) is 10.9 Å². The van der Waals surface area contributed by atoms with Crippen molar-refractivity contribution in [2.45, 2.75) is 26.4 Å². The first kappa shape index (κ1) is 17.7. The fourth-order valence-corrected chi connectivity index (χ4v) is 2.89. The van der Waals surface area contributed by atoms with Gasteiger partial charge in [-0.2, -0.15) is 9.78 Å². The summed E-state index contributed by atoms with van der Waals surface area (Å²) < 4.78 is 26.6. The summed E-state index contributed by atoms with van der Waals surface area (Å²) in [5.74, 6) is 0.0522. The van der Waals surface area contributed by atoms with Crippen LogP contribution in [0.1, 0.15) is 20.8 Å². The molecule has 25 heavy (non-hydrogen) atoms. The van der Waals surface area contributed by atoms with E-state index in [4.69, 9.17) is 9.47 Å². The molecule has 0 unspecified atom stereocenters. The minimum atomic E-state index is -0.637. The van der Waals surface area contributed by atoms with Crippen LogP contribution in [0.5, 0.6) is 11.5 Å². The van der Waals surface area contributed by atoms with Crippen molar-refractivity contribution in [1.82, 2.24) is 9.78 Å². The highest BCUT2D eigenvalue weighted by Gasteiger charge is 2.22. The average Bonchev–Trinajstić information content (AvgIpc) is 2.85. The van der Waals surface area contributed by atoms with Gasteiger partial charge in [0.2, 0.25) is 0 Å². The first-order chi connectivity index (χ1) is 11.7. The molecule has 0 radical (unpaired) electrons. The third-order valence-corrected chi connectivity index (χ3v) is 4.04. The van der Waals surface area contributed by atoms with Crippen LogP contribution in [0, 0.1) is 9.52 Å². The Labute approximate surface area is 157 Å². The number of carbonyl (C=O) groups is 1. The molecule has 0 aliphatic rings. The molecule has 2 aromatic carbocycles. The zero-order valence-electron chi connectivity index (χ0n) is 13.9. The number of ether oxygens (including phenoxy) is 2. The second-order valence-corrected chi connectivity index (χ2v) is 7.42. The third-order valence-electron chi connectivity index (χ3n) is 3.24. The van der Waals surface area contributed by atoms with Crippen molar-refractivity contribution in [3.63, 3.8) is 0 Å². The summed E-state index contributed by atoms with van der Waals surface area (Å²) in [6.07, 6.45) is -0.580. The Bertz CT molecular complexity index is 947. The van der Waals surface area contributed by atoms with Crippen molar-refractivity contribution in [2.75, 3.05) is 0 Å². The Morgan fingerprint density at radius 2 is 1.92 bits per heavy atom. The van der Waals surface area contributed by atoms with E-state index in [1.54, 1.807) is 51.1 Å². The lowest BCUT2D eigenvalue weighted by Crippen LogP contribution is -2.27. The van der Waals surface area contributed by atoms with Crippen LogP contribution in [-0.4, -0.2) is 21.5 Å². The van der Waals surface area contributed by atoms with E-state index in [-0.39, 0.29) is 5.75 Å². The number of aromatic nitrogens is 2. The van der Waals surface area contributed by atoms with Crippen LogP contribution in [0.3, 0.4) is 0 Å². The van der Waals surface area contributed by atoms with Gasteiger partial charge >= 0.3 is 6.09 Å². The molecule has 3 aromatic rings. The molecule has 0 aliphatic carbocycles. The predicted molar refractivity (Wildman–Crippen MR) is 101 cm³/mol. The average molecular weight is 454 g/mol. The van der Waals surface area contributed by atoms with Crippen molar-refractivity contribution in [1.29, 1.82) is 0 Å². The number of para-hydroxylation sites is 1. The van der Waals surface area contributed by atoms with E-state index in [0.717, 1.165) is 5.39 Å². The largest absolute Gasteiger partial charge is 0.454 e. The molecule has 7 heteroatoms. The summed E-state index contributed by atoms with van der Waals surface area (Å²) in [5.41, 5.74) is -0.102. The van der Waals surface area contributed by atoms with Gasteiger partial charge in [0.1, 0.15) is 15.1 Å². The minimum absolute atomic E-state index is 0.111. The topological polar surface area (TPSA) is 53.4 Å². The monoisotopic (exact) mass is 454 g/mol. The molecular formula is C18H16FIN2O3. The van der Waals surface area contributed by atoms with E-state index < -0.39 is 17.5 Å². The molecule has 5 nitrogen and oxygen atoms in total. The van der Waals surface area contributed by atoms with Crippen LogP contribution in [0.2, 0.25) is 0 Å². The Kier molecular flexibility index (Phi) is 4.68. The van der Waals surface area contributed by atoms with Gasteiger partial charge in [0.25, 0.3) is 0 Å². The highest BCUT2D eigenvalue weighted by Crippen LogP contribution is 2.29. The van der Waals surface area contributed by atoms with Crippen molar-refractivity contribution in [3.05, 3.63) is 52.0 Å². The highest BCUT2D eigenvalue weighted by atomic mass is 127. The minimum Gasteiger partial charge on any atom is -0.454 e. The van der Waals surface area contributed by atoms with Gasteiger partial charge in [0.05, 0.1) is 5.52 Å². The molecule has 0 saturated carbocycles.